The Kier molecular flexibility index (Phi) is 5.69. The second-order valence-corrected chi connectivity index (χ2v) is 5.25. The number of nitrogens with one attached hydrogen (secondary N) is 2. The largest absolute Gasteiger partial charge is 0.329 e. The van der Waals surface area contributed by atoms with Crippen molar-refractivity contribution in [1.82, 2.24) is 10.6 Å². The highest BCUT2D eigenvalue weighted by atomic mass is 15.2. The Morgan fingerprint density at radius 3 is 2.62 bits per heavy atom. The van der Waals surface area contributed by atoms with Crippen LogP contribution in [0.25, 0.3) is 0 Å². The molecule has 96 valence electrons. The fourth-order valence-electron chi connectivity index (χ4n) is 2.45. The van der Waals surface area contributed by atoms with E-state index in [1.165, 1.54) is 12.8 Å². The summed E-state index contributed by atoms with van der Waals surface area (Å²) in [6.07, 6.45) is 3.85. The minimum Gasteiger partial charge on any atom is -0.329 e. The van der Waals surface area contributed by atoms with Crippen LogP contribution < -0.4 is 22.1 Å². The van der Waals surface area contributed by atoms with E-state index in [0.717, 1.165) is 6.42 Å². The number of hydrogen-bond donors (Lipinski definition) is 4. The van der Waals surface area contributed by atoms with Crippen molar-refractivity contribution in [2.45, 2.75) is 58.4 Å². The van der Waals surface area contributed by atoms with Crippen LogP contribution in [0, 0.1) is 11.8 Å². The fraction of sp³-hybridized carbons (Fsp3) is 1.00. The van der Waals surface area contributed by atoms with E-state index in [9.17, 15) is 0 Å². The number of hydrogen-bond acceptors (Lipinski definition) is 4. The topological polar surface area (TPSA) is 76.1 Å². The standard InChI is InChI=1S/C12H28N4/c1-4-5-8(2)12-15-10(7-13)6-9(3)11(14)16-12/h8-12,15-16H,4-7,13-14H2,1-3H3. The van der Waals surface area contributed by atoms with Crippen LogP contribution in [0.5, 0.6) is 0 Å². The molecule has 1 fully saturated rings. The Labute approximate surface area is 99.5 Å². The summed E-state index contributed by atoms with van der Waals surface area (Å²) in [6.45, 7) is 7.36. The van der Waals surface area contributed by atoms with Gasteiger partial charge in [0.15, 0.2) is 0 Å². The van der Waals surface area contributed by atoms with Gasteiger partial charge in [-0.25, -0.2) is 0 Å². The fourth-order valence-corrected chi connectivity index (χ4v) is 2.45. The van der Waals surface area contributed by atoms with Gasteiger partial charge in [-0.2, -0.15) is 0 Å². The summed E-state index contributed by atoms with van der Waals surface area (Å²) in [6, 6.07) is 0.389. The molecule has 0 spiro atoms. The number of nitrogens with two attached hydrogens (primary N) is 2. The molecule has 5 unspecified atom stereocenters. The second-order valence-electron chi connectivity index (χ2n) is 5.25. The van der Waals surface area contributed by atoms with Gasteiger partial charge in [0.05, 0.1) is 12.3 Å². The van der Waals surface area contributed by atoms with Crippen molar-refractivity contribution in [3.63, 3.8) is 0 Å². The van der Waals surface area contributed by atoms with Crippen molar-refractivity contribution >= 4 is 0 Å². The molecular formula is C12H28N4. The van der Waals surface area contributed by atoms with Gasteiger partial charge < -0.3 is 11.5 Å². The smallest absolute Gasteiger partial charge is 0.0612 e. The molecule has 1 aliphatic heterocycles. The summed E-state index contributed by atoms with van der Waals surface area (Å²) in [5.41, 5.74) is 11.9. The van der Waals surface area contributed by atoms with Crippen LogP contribution >= 0.6 is 0 Å². The van der Waals surface area contributed by atoms with Crippen molar-refractivity contribution in [2.75, 3.05) is 6.54 Å². The summed E-state index contributed by atoms with van der Waals surface area (Å²) in [5.74, 6) is 1.07. The van der Waals surface area contributed by atoms with Gasteiger partial charge in [-0.15, -0.1) is 0 Å². The van der Waals surface area contributed by atoms with Crippen LogP contribution in [-0.4, -0.2) is 24.9 Å². The van der Waals surface area contributed by atoms with E-state index < -0.39 is 0 Å². The first kappa shape index (κ1) is 13.9. The summed E-state index contributed by atoms with van der Waals surface area (Å²) in [7, 11) is 0. The van der Waals surface area contributed by atoms with Crippen LogP contribution in [-0.2, 0) is 0 Å². The van der Waals surface area contributed by atoms with Gasteiger partial charge in [-0.05, 0) is 24.7 Å². The molecule has 0 radical (unpaired) electrons. The van der Waals surface area contributed by atoms with E-state index >= 15 is 0 Å². The Morgan fingerprint density at radius 1 is 1.38 bits per heavy atom. The summed E-state index contributed by atoms with van der Waals surface area (Å²) in [4.78, 5) is 0. The predicted molar refractivity (Wildman–Crippen MR) is 68.7 cm³/mol. The SMILES string of the molecule is CCCC(C)C1NC(CN)CC(C)C(N)N1. The van der Waals surface area contributed by atoms with E-state index in [1.807, 2.05) is 0 Å². The van der Waals surface area contributed by atoms with Crippen molar-refractivity contribution < 1.29 is 0 Å². The van der Waals surface area contributed by atoms with Crippen LogP contribution in [0.2, 0.25) is 0 Å². The van der Waals surface area contributed by atoms with Gasteiger partial charge in [0.2, 0.25) is 0 Å². The molecule has 1 rings (SSSR count). The highest BCUT2D eigenvalue weighted by Gasteiger charge is 2.29. The quantitative estimate of drug-likeness (QED) is 0.568. The first-order chi connectivity index (χ1) is 7.58. The molecule has 0 aromatic carbocycles. The van der Waals surface area contributed by atoms with E-state index in [2.05, 4.69) is 31.4 Å². The Hall–Kier alpha value is -0.160. The maximum Gasteiger partial charge on any atom is 0.0612 e. The Bertz CT molecular complexity index is 197. The van der Waals surface area contributed by atoms with E-state index in [4.69, 9.17) is 11.5 Å². The lowest BCUT2D eigenvalue weighted by atomic mass is 10.0. The van der Waals surface area contributed by atoms with E-state index in [-0.39, 0.29) is 6.17 Å². The van der Waals surface area contributed by atoms with Gasteiger partial charge in [0.1, 0.15) is 0 Å². The zero-order chi connectivity index (χ0) is 12.1. The van der Waals surface area contributed by atoms with Crippen LogP contribution in [0.15, 0.2) is 0 Å². The summed E-state index contributed by atoms with van der Waals surface area (Å²) < 4.78 is 0. The lowest BCUT2D eigenvalue weighted by molar-refractivity contribution is 0.271. The lowest BCUT2D eigenvalue weighted by Gasteiger charge is -2.28. The minimum atomic E-state index is 0.0772. The van der Waals surface area contributed by atoms with Crippen LogP contribution in [0.4, 0.5) is 0 Å². The third-order valence-corrected chi connectivity index (χ3v) is 3.65. The average Bonchev–Trinajstić information content (AvgIpc) is 2.39. The first-order valence-corrected chi connectivity index (χ1v) is 6.56. The predicted octanol–water partition coefficient (Wildman–Crippen LogP) is 0.580. The van der Waals surface area contributed by atoms with E-state index in [1.54, 1.807) is 0 Å². The first-order valence-electron chi connectivity index (χ1n) is 6.56. The van der Waals surface area contributed by atoms with Crippen molar-refractivity contribution in [2.24, 2.45) is 23.3 Å². The third-order valence-electron chi connectivity index (χ3n) is 3.65. The Morgan fingerprint density at radius 2 is 2.06 bits per heavy atom. The molecule has 0 bridgehead atoms. The lowest BCUT2D eigenvalue weighted by Crippen LogP contribution is -2.55. The Balaban J connectivity index is 2.62. The van der Waals surface area contributed by atoms with Gasteiger partial charge >= 0.3 is 0 Å². The van der Waals surface area contributed by atoms with Crippen molar-refractivity contribution in [3.8, 4) is 0 Å². The molecule has 0 saturated carbocycles. The molecule has 6 N–H and O–H groups in total. The summed E-state index contributed by atoms with van der Waals surface area (Å²) >= 11 is 0. The second kappa shape index (κ2) is 6.55. The van der Waals surface area contributed by atoms with Crippen molar-refractivity contribution in [3.05, 3.63) is 0 Å². The van der Waals surface area contributed by atoms with Crippen molar-refractivity contribution in [1.29, 1.82) is 0 Å². The van der Waals surface area contributed by atoms with Crippen LogP contribution in [0.1, 0.15) is 40.0 Å². The van der Waals surface area contributed by atoms with E-state index in [0.29, 0.717) is 30.6 Å². The number of rotatable bonds is 4. The average molecular weight is 228 g/mol. The molecule has 1 saturated heterocycles. The van der Waals surface area contributed by atoms with Gasteiger partial charge in [0, 0.05) is 12.6 Å². The zero-order valence-corrected chi connectivity index (χ0v) is 10.9. The maximum atomic E-state index is 6.13. The normalized spacial score (nSPS) is 38.1. The molecule has 1 aliphatic rings. The maximum absolute atomic E-state index is 6.13. The molecule has 0 aliphatic carbocycles. The molecule has 0 amide bonds. The molecule has 4 heteroatoms. The molecule has 1 heterocycles. The monoisotopic (exact) mass is 228 g/mol. The van der Waals surface area contributed by atoms with Gasteiger partial charge in [-0.3, -0.25) is 10.6 Å². The molecule has 0 aromatic rings. The molecule has 16 heavy (non-hydrogen) atoms. The molecule has 4 nitrogen and oxygen atoms in total. The van der Waals surface area contributed by atoms with Gasteiger partial charge in [-0.1, -0.05) is 27.2 Å². The molecular weight excluding hydrogens is 200 g/mol. The molecule has 5 atom stereocenters. The van der Waals surface area contributed by atoms with Crippen LogP contribution in [0.3, 0.4) is 0 Å². The minimum absolute atomic E-state index is 0.0772. The third kappa shape index (κ3) is 3.70. The molecule has 0 aromatic heterocycles. The zero-order valence-electron chi connectivity index (χ0n) is 10.9. The highest BCUT2D eigenvalue weighted by Crippen LogP contribution is 2.17. The van der Waals surface area contributed by atoms with Gasteiger partial charge in [0.25, 0.3) is 0 Å². The highest BCUT2D eigenvalue weighted by molar-refractivity contribution is 4.86. The summed E-state index contributed by atoms with van der Waals surface area (Å²) in [5, 5.41) is 7.08.